The van der Waals surface area contributed by atoms with Crippen molar-refractivity contribution in [2.45, 2.75) is 45.1 Å². The highest BCUT2D eigenvalue weighted by molar-refractivity contribution is 5.96. The van der Waals surface area contributed by atoms with E-state index >= 15 is 0 Å². The van der Waals surface area contributed by atoms with Gasteiger partial charge in [0, 0.05) is 5.69 Å². The van der Waals surface area contributed by atoms with E-state index in [4.69, 9.17) is 10.5 Å². The van der Waals surface area contributed by atoms with Crippen LogP contribution in [0, 0.1) is 5.92 Å². The molecule has 2 atom stereocenters. The minimum Gasteiger partial charge on any atom is -0.489 e. The third kappa shape index (κ3) is 3.00. The molecule has 0 amide bonds. The number of carboxylic acids is 1. The Morgan fingerprint density at radius 3 is 2.84 bits per heavy atom. The fourth-order valence-electron chi connectivity index (χ4n) is 2.83. The second kappa shape index (κ2) is 5.95. The van der Waals surface area contributed by atoms with E-state index < -0.39 is 5.97 Å². The van der Waals surface area contributed by atoms with Gasteiger partial charge in [-0.2, -0.15) is 0 Å². The van der Waals surface area contributed by atoms with Crippen LogP contribution in [0.5, 0.6) is 5.75 Å². The highest BCUT2D eigenvalue weighted by atomic mass is 16.5. The number of ether oxygens (including phenoxy) is 1. The zero-order chi connectivity index (χ0) is 13.8. The molecular formula is C15H21NO3. The van der Waals surface area contributed by atoms with Crippen LogP contribution in [0.3, 0.4) is 0 Å². The lowest BCUT2D eigenvalue weighted by Crippen LogP contribution is -2.30. The molecule has 0 heterocycles. The van der Waals surface area contributed by atoms with Gasteiger partial charge in [-0.15, -0.1) is 0 Å². The standard InChI is InChI=1S/C15H21NO3/c1-2-10-6-3-4-8-12(10)19-13-9-5-7-11(16)14(13)15(17)18/h5,7,9-10,12H,2-4,6,8,16H2,1H3,(H,17,18). The Balaban J connectivity index is 2.22. The molecular weight excluding hydrogens is 242 g/mol. The Kier molecular flexibility index (Phi) is 4.30. The van der Waals surface area contributed by atoms with E-state index in [9.17, 15) is 9.90 Å². The zero-order valence-electron chi connectivity index (χ0n) is 11.3. The molecule has 4 heteroatoms. The highest BCUT2D eigenvalue weighted by Gasteiger charge is 2.27. The normalized spacial score (nSPS) is 23.0. The Bertz CT molecular complexity index is 459. The van der Waals surface area contributed by atoms with Gasteiger partial charge in [0.15, 0.2) is 0 Å². The van der Waals surface area contributed by atoms with Crippen LogP contribution in [0.25, 0.3) is 0 Å². The van der Waals surface area contributed by atoms with E-state index in [-0.39, 0.29) is 17.4 Å². The van der Waals surface area contributed by atoms with Gasteiger partial charge in [0.2, 0.25) is 0 Å². The number of anilines is 1. The van der Waals surface area contributed by atoms with Crippen molar-refractivity contribution in [2.24, 2.45) is 5.92 Å². The number of carboxylic acid groups (broad SMARTS) is 1. The van der Waals surface area contributed by atoms with Gasteiger partial charge in [-0.3, -0.25) is 0 Å². The highest BCUT2D eigenvalue weighted by Crippen LogP contribution is 2.33. The van der Waals surface area contributed by atoms with E-state index in [2.05, 4.69) is 6.92 Å². The maximum absolute atomic E-state index is 11.3. The van der Waals surface area contributed by atoms with Gasteiger partial charge in [0.05, 0.1) is 0 Å². The van der Waals surface area contributed by atoms with Gasteiger partial charge < -0.3 is 15.6 Å². The Morgan fingerprint density at radius 1 is 1.42 bits per heavy atom. The topological polar surface area (TPSA) is 72.5 Å². The van der Waals surface area contributed by atoms with Gasteiger partial charge in [-0.25, -0.2) is 4.79 Å². The predicted octanol–water partition coefficient (Wildman–Crippen LogP) is 3.31. The van der Waals surface area contributed by atoms with Gasteiger partial charge in [-0.05, 0) is 43.7 Å². The van der Waals surface area contributed by atoms with Gasteiger partial charge in [0.1, 0.15) is 17.4 Å². The quantitative estimate of drug-likeness (QED) is 0.817. The predicted molar refractivity (Wildman–Crippen MR) is 74.5 cm³/mol. The second-order valence-corrected chi connectivity index (χ2v) is 5.13. The Morgan fingerprint density at radius 2 is 2.16 bits per heavy atom. The van der Waals surface area contributed by atoms with Crippen molar-refractivity contribution in [3.8, 4) is 5.75 Å². The lowest BCUT2D eigenvalue weighted by Gasteiger charge is -2.31. The molecule has 1 fully saturated rings. The molecule has 4 nitrogen and oxygen atoms in total. The minimum absolute atomic E-state index is 0.0860. The summed E-state index contributed by atoms with van der Waals surface area (Å²) in [5, 5.41) is 9.24. The Hall–Kier alpha value is -1.71. The summed E-state index contributed by atoms with van der Waals surface area (Å²) in [5.74, 6) is -0.119. The molecule has 1 aliphatic carbocycles. The first kappa shape index (κ1) is 13.7. The van der Waals surface area contributed by atoms with Crippen LogP contribution in [-0.4, -0.2) is 17.2 Å². The van der Waals surface area contributed by atoms with E-state index in [0.29, 0.717) is 11.7 Å². The maximum atomic E-state index is 11.3. The van der Waals surface area contributed by atoms with Crippen LogP contribution in [0.15, 0.2) is 18.2 Å². The van der Waals surface area contributed by atoms with Crippen LogP contribution in [0.4, 0.5) is 5.69 Å². The molecule has 0 aliphatic heterocycles. The summed E-state index contributed by atoms with van der Waals surface area (Å²) < 4.78 is 5.97. The molecule has 0 bridgehead atoms. The fraction of sp³-hybridized carbons (Fsp3) is 0.533. The molecule has 19 heavy (non-hydrogen) atoms. The van der Waals surface area contributed by atoms with Gasteiger partial charge >= 0.3 is 5.97 Å². The largest absolute Gasteiger partial charge is 0.489 e. The first-order valence-corrected chi connectivity index (χ1v) is 6.92. The fourth-order valence-corrected chi connectivity index (χ4v) is 2.83. The summed E-state index contributed by atoms with van der Waals surface area (Å²) in [6, 6.07) is 5.02. The van der Waals surface area contributed by atoms with Crippen molar-refractivity contribution >= 4 is 11.7 Å². The van der Waals surface area contributed by atoms with Crippen molar-refractivity contribution in [2.75, 3.05) is 5.73 Å². The minimum atomic E-state index is -1.03. The smallest absolute Gasteiger partial charge is 0.341 e. The molecule has 0 aromatic heterocycles. The van der Waals surface area contributed by atoms with Crippen LogP contribution >= 0.6 is 0 Å². The summed E-state index contributed by atoms with van der Waals surface area (Å²) >= 11 is 0. The van der Waals surface area contributed by atoms with Crippen molar-refractivity contribution in [1.82, 2.24) is 0 Å². The number of benzene rings is 1. The summed E-state index contributed by atoms with van der Waals surface area (Å²) in [6.07, 6.45) is 5.71. The van der Waals surface area contributed by atoms with E-state index in [1.165, 1.54) is 6.42 Å². The molecule has 3 N–H and O–H groups in total. The van der Waals surface area contributed by atoms with Gasteiger partial charge in [0.25, 0.3) is 0 Å². The lowest BCUT2D eigenvalue weighted by molar-refractivity contribution is 0.0666. The molecule has 0 saturated heterocycles. The molecule has 0 radical (unpaired) electrons. The molecule has 2 unspecified atom stereocenters. The van der Waals surface area contributed by atoms with Crippen LogP contribution in [-0.2, 0) is 0 Å². The van der Waals surface area contributed by atoms with E-state index in [1.807, 2.05) is 0 Å². The number of carbonyl (C=O) groups is 1. The molecule has 1 aromatic rings. The number of aromatic carboxylic acids is 1. The van der Waals surface area contributed by atoms with Crippen molar-refractivity contribution in [3.05, 3.63) is 23.8 Å². The van der Waals surface area contributed by atoms with Crippen molar-refractivity contribution in [1.29, 1.82) is 0 Å². The number of hydrogen-bond acceptors (Lipinski definition) is 3. The molecule has 0 spiro atoms. The number of nitrogen functional groups attached to an aromatic ring is 1. The third-order valence-electron chi connectivity index (χ3n) is 3.91. The van der Waals surface area contributed by atoms with Crippen LogP contribution < -0.4 is 10.5 Å². The van der Waals surface area contributed by atoms with Crippen LogP contribution in [0.1, 0.15) is 49.4 Å². The van der Waals surface area contributed by atoms with Crippen molar-refractivity contribution < 1.29 is 14.6 Å². The Labute approximate surface area is 113 Å². The number of rotatable bonds is 4. The zero-order valence-corrected chi connectivity index (χ0v) is 11.3. The molecule has 1 aliphatic rings. The maximum Gasteiger partial charge on any atom is 0.341 e. The summed E-state index contributed by atoms with van der Waals surface area (Å²) in [5.41, 5.74) is 6.08. The molecule has 104 valence electrons. The van der Waals surface area contributed by atoms with Gasteiger partial charge in [-0.1, -0.05) is 19.4 Å². The second-order valence-electron chi connectivity index (χ2n) is 5.13. The first-order valence-electron chi connectivity index (χ1n) is 6.92. The van der Waals surface area contributed by atoms with Crippen molar-refractivity contribution in [3.63, 3.8) is 0 Å². The van der Waals surface area contributed by atoms with E-state index in [1.54, 1.807) is 18.2 Å². The average molecular weight is 263 g/mol. The SMILES string of the molecule is CCC1CCCCC1Oc1cccc(N)c1C(=O)O. The molecule has 1 saturated carbocycles. The molecule has 1 aromatic carbocycles. The molecule has 2 rings (SSSR count). The van der Waals surface area contributed by atoms with Crippen LogP contribution in [0.2, 0.25) is 0 Å². The number of hydrogen-bond donors (Lipinski definition) is 2. The number of nitrogens with two attached hydrogens (primary N) is 1. The lowest BCUT2D eigenvalue weighted by atomic mass is 9.84. The average Bonchev–Trinajstić information content (AvgIpc) is 2.39. The monoisotopic (exact) mass is 263 g/mol. The summed E-state index contributed by atoms with van der Waals surface area (Å²) in [7, 11) is 0. The summed E-state index contributed by atoms with van der Waals surface area (Å²) in [4.78, 5) is 11.3. The first-order chi connectivity index (χ1) is 9.13. The summed E-state index contributed by atoms with van der Waals surface area (Å²) in [6.45, 7) is 2.16. The third-order valence-corrected chi connectivity index (χ3v) is 3.91. The van der Waals surface area contributed by atoms with E-state index in [0.717, 1.165) is 25.7 Å².